The molecule has 0 spiro atoms. The van der Waals surface area contributed by atoms with Crippen molar-refractivity contribution in [3.8, 4) is 0 Å². The Labute approximate surface area is 93.9 Å². The fourth-order valence-corrected chi connectivity index (χ4v) is 2.35. The van der Waals surface area contributed by atoms with Gasteiger partial charge in [-0.25, -0.2) is 0 Å². The molecular weight excluding hydrogens is 271 g/mol. The van der Waals surface area contributed by atoms with Gasteiger partial charge in [0.1, 0.15) is 0 Å². The van der Waals surface area contributed by atoms with Crippen LogP contribution in [0.5, 0.6) is 0 Å². The maximum absolute atomic E-state index is 4.06. The molecule has 1 unspecified atom stereocenters. The second-order valence-electron chi connectivity index (χ2n) is 3.96. The summed E-state index contributed by atoms with van der Waals surface area (Å²) in [7, 11) is 0. The van der Waals surface area contributed by atoms with Crippen molar-refractivity contribution >= 4 is 22.6 Å². The normalized spacial score (nSPS) is 16.6. The Hall–Kier alpha value is -0.0500. The van der Waals surface area contributed by atoms with Crippen molar-refractivity contribution < 1.29 is 0 Å². The van der Waals surface area contributed by atoms with Crippen LogP contribution in [0.2, 0.25) is 0 Å². The fourth-order valence-electron chi connectivity index (χ4n) is 1.58. The van der Waals surface area contributed by atoms with Crippen LogP contribution in [-0.4, -0.2) is 0 Å². The van der Waals surface area contributed by atoms with E-state index in [1.807, 2.05) is 0 Å². The molecule has 1 aliphatic carbocycles. The summed E-state index contributed by atoms with van der Waals surface area (Å²) in [5.74, 6) is 1.26. The molecule has 2 rings (SSSR count). The summed E-state index contributed by atoms with van der Waals surface area (Å²) >= 11 is 2.44. The van der Waals surface area contributed by atoms with Crippen LogP contribution in [0, 0.1) is 10.5 Å². The Balaban J connectivity index is 2.36. The second kappa shape index (κ2) is 3.60. The van der Waals surface area contributed by atoms with E-state index in [4.69, 9.17) is 0 Å². The number of benzene rings is 1. The smallest absolute Gasteiger partial charge is 0.0165 e. The molecule has 1 heteroatoms. The van der Waals surface area contributed by atoms with Crippen LogP contribution in [0.15, 0.2) is 18.2 Å². The Morgan fingerprint density at radius 1 is 1.46 bits per heavy atom. The number of rotatable bonds is 2. The first kappa shape index (κ1) is 9.50. The predicted octanol–water partition coefficient (Wildman–Crippen LogP) is 4.11. The highest BCUT2D eigenvalue weighted by Gasteiger charge is 2.25. The lowest BCUT2D eigenvalue weighted by Gasteiger charge is -2.09. The van der Waals surface area contributed by atoms with Gasteiger partial charge in [0.25, 0.3) is 0 Å². The Bertz CT molecular complexity index is 311. The van der Waals surface area contributed by atoms with Gasteiger partial charge in [-0.15, -0.1) is 0 Å². The van der Waals surface area contributed by atoms with Gasteiger partial charge in [0, 0.05) is 3.57 Å². The molecule has 1 radical (unpaired) electrons. The highest BCUT2D eigenvalue weighted by atomic mass is 127. The Morgan fingerprint density at radius 3 is 2.69 bits per heavy atom. The maximum atomic E-state index is 4.06. The van der Waals surface area contributed by atoms with Crippen molar-refractivity contribution in [3.05, 3.63) is 39.8 Å². The van der Waals surface area contributed by atoms with E-state index in [1.165, 1.54) is 22.0 Å². The van der Waals surface area contributed by atoms with Gasteiger partial charge >= 0.3 is 0 Å². The van der Waals surface area contributed by atoms with Gasteiger partial charge in [-0.3, -0.25) is 0 Å². The third-order valence-electron chi connectivity index (χ3n) is 2.61. The third kappa shape index (κ3) is 2.06. The predicted molar refractivity (Wildman–Crippen MR) is 64.9 cm³/mol. The van der Waals surface area contributed by atoms with Crippen molar-refractivity contribution in [1.29, 1.82) is 0 Å². The van der Waals surface area contributed by atoms with E-state index in [0.717, 1.165) is 5.92 Å². The molecule has 0 heterocycles. The Kier molecular flexibility index (Phi) is 2.63. The molecule has 1 saturated carbocycles. The summed E-state index contributed by atoms with van der Waals surface area (Å²) in [5.41, 5.74) is 2.93. The maximum Gasteiger partial charge on any atom is 0.0165 e. The molecular formula is C12H14I. The molecule has 1 aromatic rings. The van der Waals surface area contributed by atoms with Crippen LogP contribution in [-0.2, 0) is 0 Å². The summed E-state index contributed by atoms with van der Waals surface area (Å²) in [6.45, 7) is 6.21. The SMILES string of the molecule is [CH2]C(C)c1ccc(I)c(C2CC2)c1. The molecule has 0 amide bonds. The zero-order valence-electron chi connectivity index (χ0n) is 7.89. The van der Waals surface area contributed by atoms with Gasteiger partial charge in [-0.1, -0.05) is 19.1 Å². The lowest BCUT2D eigenvalue weighted by Crippen LogP contribution is -1.92. The van der Waals surface area contributed by atoms with E-state index in [0.29, 0.717) is 5.92 Å². The van der Waals surface area contributed by atoms with E-state index < -0.39 is 0 Å². The minimum absolute atomic E-state index is 0.412. The quantitative estimate of drug-likeness (QED) is 0.717. The van der Waals surface area contributed by atoms with Gasteiger partial charge in [0.15, 0.2) is 0 Å². The minimum Gasteiger partial charge on any atom is -0.0584 e. The highest BCUT2D eigenvalue weighted by Crippen LogP contribution is 2.42. The molecule has 69 valence electrons. The van der Waals surface area contributed by atoms with Crippen LogP contribution in [0.1, 0.15) is 42.7 Å². The molecule has 13 heavy (non-hydrogen) atoms. The molecule has 0 nitrogen and oxygen atoms in total. The van der Waals surface area contributed by atoms with Crippen LogP contribution in [0.3, 0.4) is 0 Å². The highest BCUT2D eigenvalue weighted by molar-refractivity contribution is 14.1. The number of hydrogen-bond acceptors (Lipinski definition) is 0. The van der Waals surface area contributed by atoms with Crippen molar-refractivity contribution in [2.75, 3.05) is 0 Å². The lowest BCUT2D eigenvalue weighted by molar-refractivity contribution is 0.951. The number of hydrogen-bond donors (Lipinski definition) is 0. The average Bonchev–Trinajstić information content (AvgIpc) is 2.87. The molecule has 1 fully saturated rings. The molecule has 0 saturated heterocycles. The van der Waals surface area contributed by atoms with Crippen molar-refractivity contribution in [3.63, 3.8) is 0 Å². The van der Waals surface area contributed by atoms with Crippen LogP contribution < -0.4 is 0 Å². The average molecular weight is 285 g/mol. The van der Waals surface area contributed by atoms with Crippen LogP contribution in [0.4, 0.5) is 0 Å². The lowest BCUT2D eigenvalue weighted by atomic mass is 9.99. The topological polar surface area (TPSA) is 0 Å². The summed E-state index contributed by atoms with van der Waals surface area (Å²) in [4.78, 5) is 0. The summed E-state index contributed by atoms with van der Waals surface area (Å²) < 4.78 is 1.42. The zero-order chi connectivity index (χ0) is 9.42. The molecule has 1 aromatic carbocycles. The standard InChI is InChI=1S/C12H14I/c1-8(2)10-5-6-12(13)11(7-10)9-3-4-9/h5-9H,1,3-4H2,2H3. The van der Waals surface area contributed by atoms with Gasteiger partial charge in [-0.2, -0.15) is 0 Å². The molecule has 0 aliphatic heterocycles. The zero-order valence-corrected chi connectivity index (χ0v) is 10.0. The first-order chi connectivity index (χ1) is 6.18. The summed E-state index contributed by atoms with van der Waals surface area (Å²) in [5, 5.41) is 0. The molecule has 1 atom stereocenters. The molecule has 0 aromatic heterocycles. The molecule has 0 N–H and O–H groups in total. The molecule has 1 aliphatic rings. The molecule has 0 bridgehead atoms. The van der Waals surface area contributed by atoms with Crippen LogP contribution in [0.25, 0.3) is 0 Å². The Morgan fingerprint density at radius 2 is 2.15 bits per heavy atom. The largest absolute Gasteiger partial charge is 0.0584 e. The summed E-state index contributed by atoms with van der Waals surface area (Å²) in [6.07, 6.45) is 2.76. The fraction of sp³-hybridized carbons (Fsp3) is 0.417. The first-order valence-electron chi connectivity index (χ1n) is 4.81. The van der Waals surface area contributed by atoms with Crippen LogP contribution >= 0.6 is 22.6 Å². The van der Waals surface area contributed by atoms with Gasteiger partial charge in [0.2, 0.25) is 0 Å². The van der Waals surface area contributed by atoms with Crippen molar-refractivity contribution in [2.45, 2.75) is 31.6 Å². The van der Waals surface area contributed by atoms with Gasteiger partial charge in [-0.05, 0) is 71.4 Å². The minimum atomic E-state index is 0.412. The van der Waals surface area contributed by atoms with Gasteiger partial charge in [0.05, 0.1) is 0 Å². The van der Waals surface area contributed by atoms with E-state index in [2.05, 4.69) is 54.6 Å². The van der Waals surface area contributed by atoms with E-state index in [9.17, 15) is 0 Å². The second-order valence-corrected chi connectivity index (χ2v) is 5.12. The van der Waals surface area contributed by atoms with Crippen molar-refractivity contribution in [2.24, 2.45) is 0 Å². The first-order valence-corrected chi connectivity index (χ1v) is 5.89. The van der Waals surface area contributed by atoms with E-state index in [-0.39, 0.29) is 0 Å². The number of halogens is 1. The third-order valence-corrected chi connectivity index (χ3v) is 3.59. The van der Waals surface area contributed by atoms with E-state index in [1.54, 1.807) is 5.56 Å². The monoisotopic (exact) mass is 285 g/mol. The van der Waals surface area contributed by atoms with Crippen molar-refractivity contribution in [1.82, 2.24) is 0 Å². The summed E-state index contributed by atoms with van der Waals surface area (Å²) in [6, 6.07) is 6.77. The van der Waals surface area contributed by atoms with Gasteiger partial charge < -0.3 is 0 Å². The van der Waals surface area contributed by atoms with E-state index >= 15 is 0 Å².